The molecular weight excluding hydrogens is 350 g/mol. The van der Waals surface area contributed by atoms with Crippen molar-refractivity contribution in [2.24, 2.45) is 5.16 Å². The second-order valence-electron chi connectivity index (χ2n) is 6.14. The van der Waals surface area contributed by atoms with Gasteiger partial charge in [-0.1, -0.05) is 61.0 Å². The van der Waals surface area contributed by atoms with Crippen LogP contribution in [0.2, 0.25) is 0 Å². The largest absolute Gasteiger partial charge is 0.490 e. The smallest absolute Gasteiger partial charge is 0.134 e. The van der Waals surface area contributed by atoms with Gasteiger partial charge in [0.15, 0.2) is 0 Å². The number of ether oxygens (including phenoxy) is 2. The molecule has 4 heteroatoms. The zero-order chi connectivity index (χ0) is 20.9. The molecule has 0 aromatic heterocycles. The fourth-order valence-electron chi connectivity index (χ4n) is 2.62. The Labute approximate surface area is 169 Å². The molecule has 0 aliphatic heterocycles. The van der Waals surface area contributed by atoms with Gasteiger partial charge < -0.3 is 14.3 Å². The van der Waals surface area contributed by atoms with Crippen molar-refractivity contribution in [2.45, 2.75) is 41.5 Å². The van der Waals surface area contributed by atoms with Gasteiger partial charge in [0.25, 0.3) is 0 Å². The first-order valence-electron chi connectivity index (χ1n) is 9.70. The van der Waals surface area contributed by atoms with Crippen LogP contribution in [0.3, 0.4) is 0 Å². The van der Waals surface area contributed by atoms with Crippen LogP contribution >= 0.6 is 0 Å². The van der Waals surface area contributed by atoms with Crippen LogP contribution in [-0.2, 0) is 4.84 Å². The zero-order valence-corrected chi connectivity index (χ0v) is 18.2. The molecule has 0 saturated carbocycles. The van der Waals surface area contributed by atoms with Gasteiger partial charge in [-0.05, 0) is 51.0 Å². The van der Waals surface area contributed by atoms with E-state index in [2.05, 4.69) is 12.1 Å². The average Bonchev–Trinajstić information content (AvgIpc) is 2.69. The van der Waals surface area contributed by atoms with Crippen LogP contribution < -0.4 is 9.47 Å². The molecule has 2 aromatic rings. The van der Waals surface area contributed by atoms with Gasteiger partial charge in [0.2, 0.25) is 0 Å². The first-order valence-corrected chi connectivity index (χ1v) is 9.70. The fraction of sp³-hybridized carbons (Fsp3) is 0.375. The summed E-state index contributed by atoms with van der Waals surface area (Å²) in [5.74, 6) is 1.69. The molecule has 0 N–H and O–H groups in total. The second kappa shape index (κ2) is 12.6. The highest BCUT2D eigenvalue weighted by Gasteiger charge is 2.11. The molecule has 0 fully saturated rings. The van der Waals surface area contributed by atoms with Gasteiger partial charge in [-0.15, -0.1) is 0 Å². The van der Waals surface area contributed by atoms with Crippen LogP contribution in [0.5, 0.6) is 11.5 Å². The summed E-state index contributed by atoms with van der Waals surface area (Å²) in [4.78, 5) is 4.99. The van der Waals surface area contributed by atoms with Gasteiger partial charge in [-0.25, -0.2) is 0 Å². The Morgan fingerprint density at radius 3 is 2.11 bits per heavy atom. The van der Waals surface area contributed by atoms with E-state index >= 15 is 0 Å². The van der Waals surface area contributed by atoms with E-state index in [4.69, 9.17) is 14.3 Å². The van der Waals surface area contributed by atoms with E-state index in [0.717, 1.165) is 33.9 Å². The molecule has 4 nitrogen and oxygen atoms in total. The molecular formula is C24H33NO3. The first-order chi connectivity index (χ1) is 13.5. The predicted molar refractivity (Wildman–Crippen MR) is 118 cm³/mol. The lowest BCUT2D eigenvalue weighted by atomic mass is 10.1. The molecule has 0 amide bonds. The summed E-state index contributed by atoms with van der Waals surface area (Å²) in [6, 6.07) is 12.1. The fourth-order valence-corrected chi connectivity index (χ4v) is 2.62. The lowest BCUT2D eigenvalue weighted by Gasteiger charge is -2.15. The van der Waals surface area contributed by atoms with Gasteiger partial charge in [0, 0.05) is 5.56 Å². The van der Waals surface area contributed by atoms with E-state index < -0.39 is 0 Å². The number of hydrogen-bond donors (Lipinski definition) is 0. The summed E-state index contributed by atoms with van der Waals surface area (Å²) in [7, 11) is 1.54. The molecule has 0 aliphatic carbocycles. The van der Waals surface area contributed by atoms with Crippen LogP contribution in [0.1, 0.15) is 43.0 Å². The maximum Gasteiger partial charge on any atom is 0.134 e. The summed E-state index contributed by atoms with van der Waals surface area (Å²) >= 11 is 0. The Balaban J connectivity index is 0.00000190. The van der Waals surface area contributed by atoms with E-state index in [1.54, 1.807) is 7.11 Å². The van der Waals surface area contributed by atoms with E-state index in [1.807, 2.05) is 83.2 Å². The van der Waals surface area contributed by atoms with Crippen LogP contribution in [0, 0.1) is 20.8 Å². The van der Waals surface area contributed by atoms with E-state index in [0.29, 0.717) is 13.2 Å². The number of nitrogens with zero attached hydrogens (tertiary/aromatic N) is 1. The van der Waals surface area contributed by atoms with Gasteiger partial charge >= 0.3 is 0 Å². The van der Waals surface area contributed by atoms with Gasteiger partial charge in [0.1, 0.15) is 37.5 Å². The Bertz CT molecular complexity index is 754. The van der Waals surface area contributed by atoms with Crippen molar-refractivity contribution in [1.82, 2.24) is 0 Å². The van der Waals surface area contributed by atoms with Crippen molar-refractivity contribution in [1.29, 1.82) is 0 Å². The normalized spacial score (nSPS) is 11.0. The number of allylic oxidation sites excluding steroid dienone is 1. The lowest BCUT2D eigenvalue weighted by Crippen LogP contribution is -2.14. The molecule has 152 valence electrons. The van der Waals surface area contributed by atoms with Crippen molar-refractivity contribution >= 4 is 5.71 Å². The molecule has 28 heavy (non-hydrogen) atoms. The third-order valence-corrected chi connectivity index (χ3v) is 3.96. The van der Waals surface area contributed by atoms with Crippen LogP contribution in [-0.4, -0.2) is 26.0 Å². The maximum absolute atomic E-state index is 6.07. The zero-order valence-electron chi connectivity index (χ0n) is 18.2. The number of hydrogen-bond acceptors (Lipinski definition) is 4. The standard InChI is InChI=1S/C22H27NO3.C2H6/c1-6-7-12-25-20-13-17(3)22(18(4)14-20)26-15-21(23-24-5)19-10-8-16(2)9-11-19;1-2/h6-11,13-14H,12,15H2,1-5H3;1-2H3/b7-6+,23-21+;. The van der Waals surface area contributed by atoms with Crippen molar-refractivity contribution in [3.8, 4) is 11.5 Å². The molecule has 0 spiro atoms. The summed E-state index contributed by atoms with van der Waals surface area (Å²) in [6.07, 6.45) is 3.95. The Morgan fingerprint density at radius 2 is 1.57 bits per heavy atom. The SMILES string of the molecule is C/C=C/COc1cc(C)c(OC/C(=N\OC)c2ccc(C)cc2)c(C)c1.CC. The molecule has 0 bridgehead atoms. The minimum atomic E-state index is 0.331. The molecule has 0 aliphatic rings. The molecule has 0 unspecified atom stereocenters. The highest BCUT2D eigenvalue weighted by molar-refractivity contribution is 6.01. The van der Waals surface area contributed by atoms with Crippen LogP contribution in [0.25, 0.3) is 0 Å². The second-order valence-corrected chi connectivity index (χ2v) is 6.14. The first kappa shape index (κ1) is 23.3. The summed E-state index contributed by atoms with van der Waals surface area (Å²) < 4.78 is 11.8. The topological polar surface area (TPSA) is 40.0 Å². The van der Waals surface area contributed by atoms with Gasteiger partial charge in [-0.2, -0.15) is 0 Å². The highest BCUT2D eigenvalue weighted by Crippen LogP contribution is 2.28. The van der Waals surface area contributed by atoms with Gasteiger partial charge in [0.05, 0.1) is 0 Å². The Morgan fingerprint density at radius 1 is 0.964 bits per heavy atom. The molecule has 2 aromatic carbocycles. The minimum absolute atomic E-state index is 0.331. The van der Waals surface area contributed by atoms with Gasteiger partial charge in [-0.3, -0.25) is 0 Å². The average molecular weight is 384 g/mol. The molecule has 0 saturated heterocycles. The van der Waals surface area contributed by atoms with E-state index in [1.165, 1.54) is 5.56 Å². The van der Waals surface area contributed by atoms with Crippen molar-refractivity contribution < 1.29 is 14.3 Å². The van der Waals surface area contributed by atoms with Crippen LogP contribution in [0.4, 0.5) is 0 Å². The third kappa shape index (κ3) is 7.10. The van der Waals surface area contributed by atoms with Crippen LogP contribution in [0.15, 0.2) is 53.7 Å². The maximum atomic E-state index is 6.07. The van der Waals surface area contributed by atoms with Crippen molar-refractivity contribution in [2.75, 3.05) is 20.3 Å². The molecule has 2 rings (SSSR count). The summed E-state index contributed by atoms with van der Waals surface area (Å²) in [5, 5.41) is 4.13. The minimum Gasteiger partial charge on any atom is -0.490 e. The quantitative estimate of drug-likeness (QED) is 0.318. The highest BCUT2D eigenvalue weighted by atomic mass is 16.6. The van der Waals surface area contributed by atoms with Crippen molar-refractivity contribution in [3.05, 3.63) is 70.8 Å². The van der Waals surface area contributed by atoms with E-state index in [-0.39, 0.29) is 0 Å². The monoisotopic (exact) mass is 383 g/mol. The number of benzene rings is 2. The number of aryl methyl sites for hydroxylation is 3. The van der Waals surface area contributed by atoms with Crippen molar-refractivity contribution in [3.63, 3.8) is 0 Å². The summed E-state index contributed by atoms with van der Waals surface area (Å²) in [6.45, 7) is 13.0. The predicted octanol–water partition coefficient (Wildman–Crippen LogP) is 6.02. The molecule has 0 heterocycles. The van der Waals surface area contributed by atoms with E-state index in [9.17, 15) is 0 Å². The Hall–Kier alpha value is -2.75. The Kier molecular flexibility index (Phi) is 10.5. The number of rotatable bonds is 8. The molecule has 0 atom stereocenters. The molecule has 0 radical (unpaired) electrons. The lowest BCUT2D eigenvalue weighted by molar-refractivity contribution is 0.210. The summed E-state index contributed by atoms with van der Waals surface area (Å²) in [5.41, 5.74) is 4.99. The third-order valence-electron chi connectivity index (χ3n) is 3.96. The number of oxime groups is 1.